The van der Waals surface area contributed by atoms with Gasteiger partial charge in [-0.1, -0.05) is 63.3 Å². The number of rotatable bonds is 6. The maximum absolute atomic E-state index is 9.24. The Hall–Kier alpha value is -0.903. The third kappa shape index (κ3) is 5.23. The molecule has 1 atom stereocenters. The van der Waals surface area contributed by atoms with Gasteiger partial charge in [0.15, 0.2) is 8.32 Å². The number of benzene rings is 1. The molecule has 20 heavy (non-hydrogen) atoms. The van der Waals surface area contributed by atoms with Crippen LogP contribution in [0.1, 0.15) is 32.8 Å². The Balaban J connectivity index is 2.77. The van der Waals surface area contributed by atoms with Crippen LogP contribution in [0.4, 0.5) is 0 Å². The van der Waals surface area contributed by atoms with Crippen LogP contribution in [0, 0.1) is 0 Å². The van der Waals surface area contributed by atoms with Gasteiger partial charge < -0.3 is 9.53 Å². The Kier molecular flexibility index (Phi) is 6.18. The minimum Gasteiger partial charge on any atom is -0.410 e. The zero-order valence-electron chi connectivity index (χ0n) is 13.4. The highest BCUT2D eigenvalue weighted by Crippen LogP contribution is 2.37. The van der Waals surface area contributed by atoms with Crippen molar-refractivity contribution >= 4 is 14.4 Å². The maximum Gasteiger partial charge on any atom is 0.192 e. The van der Waals surface area contributed by atoms with Crippen LogP contribution in [0.15, 0.2) is 36.4 Å². The molecular formula is C17H28O2Si. The predicted octanol–water partition coefficient (Wildman–Crippen LogP) is 4.47. The Morgan fingerprint density at radius 2 is 1.80 bits per heavy atom. The van der Waals surface area contributed by atoms with E-state index in [1.165, 1.54) is 0 Å². The fourth-order valence-corrected chi connectivity index (χ4v) is 2.97. The third-order valence-corrected chi connectivity index (χ3v) is 8.47. The van der Waals surface area contributed by atoms with E-state index < -0.39 is 8.32 Å². The highest BCUT2D eigenvalue weighted by molar-refractivity contribution is 6.74. The summed E-state index contributed by atoms with van der Waals surface area (Å²) in [6.07, 6.45) is 4.79. The fourth-order valence-electron chi connectivity index (χ4n) is 1.66. The fraction of sp³-hybridized carbons (Fsp3) is 0.529. The molecule has 0 heterocycles. The molecule has 0 saturated carbocycles. The van der Waals surface area contributed by atoms with Crippen LogP contribution < -0.4 is 0 Å². The van der Waals surface area contributed by atoms with Gasteiger partial charge in [0.05, 0.1) is 6.10 Å². The molecule has 2 nitrogen and oxygen atoms in total. The number of hydrogen-bond acceptors (Lipinski definition) is 2. The molecule has 0 fully saturated rings. The molecule has 0 radical (unpaired) electrons. The Morgan fingerprint density at radius 3 is 2.30 bits per heavy atom. The van der Waals surface area contributed by atoms with E-state index in [1.54, 1.807) is 0 Å². The first kappa shape index (κ1) is 17.1. The third-order valence-electron chi connectivity index (χ3n) is 3.97. The van der Waals surface area contributed by atoms with Crippen molar-refractivity contribution in [2.24, 2.45) is 0 Å². The molecule has 0 amide bonds. The van der Waals surface area contributed by atoms with Crippen LogP contribution in [0.5, 0.6) is 0 Å². The Bertz CT molecular complexity index is 418. The highest BCUT2D eigenvalue weighted by Gasteiger charge is 2.38. The molecular weight excluding hydrogens is 264 g/mol. The van der Waals surface area contributed by atoms with Crippen LogP contribution in [-0.4, -0.2) is 26.1 Å². The average molecular weight is 292 g/mol. The number of hydrogen-bond donors (Lipinski definition) is 1. The van der Waals surface area contributed by atoms with E-state index in [0.717, 1.165) is 5.56 Å². The van der Waals surface area contributed by atoms with Gasteiger partial charge in [0.2, 0.25) is 0 Å². The summed E-state index contributed by atoms with van der Waals surface area (Å²) >= 11 is 0. The summed E-state index contributed by atoms with van der Waals surface area (Å²) in [6.45, 7) is 11.3. The van der Waals surface area contributed by atoms with Crippen molar-refractivity contribution < 1.29 is 9.53 Å². The molecule has 0 aliphatic carbocycles. The van der Waals surface area contributed by atoms with Crippen molar-refractivity contribution in [2.75, 3.05) is 6.61 Å². The van der Waals surface area contributed by atoms with Gasteiger partial charge in [-0.25, -0.2) is 0 Å². The van der Waals surface area contributed by atoms with Gasteiger partial charge >= 0.3 is 0 Å². The van der Waals surface area contributed by atoms with Crippen LogP contribution in [0.3, 0.4) is 0 Å². The van der Waals surface area contributed by atoms with Crippen molar-refractivity contribution in [1.82, 2.24) is 0 Å². The van der Waals surface area contributed by atoms with E-state index in [9.17, 15) is 5.11 Å². The lowest BCUT2D eigenvalue weighted by molar-refractivity contribution is 0.175. The molecule has 0 aromatic heterocycles. The average Bonchev–Trinajstić information content (AvgIpc) is 2.36. The van der Waals surface area contributed by atoms with Crippen LogP contribution in [0.25, 0.3) is 6.08 Å². The topological polar surface area (TPSA) is 29.5 Å². The monoisotopic (exact) mass is 292 g/mol. The zero-order chi connectivity index (χ0) is 15.2. The van der Waals surface area contributed by atoms with E-state index in [1.807, 2.05) is 18.2 Å². The lowest BCUT2D eigenvalue weighted by atomic mass is 10.1. The molecule has 1 N–H and O–H groups in total. The maximum atomic E-state index is 9.24. The van der Waals surface area contributed by atoms with E-state index in [0.29, 0.717) is 6.42 Å². The first-order valence-corrected chi connectivity index (χ1v) is 10.2. The van der Waals surface area contributed by atoms with Gasteiger partial charge in [-0.05, 0) is 30.1 Å². The second-order valence-corrected chi connectivity index (χ2v) is 11.5. The van der Waals surface area contributed by atoms with E-state index in [4.69, 9.17) is 4.43 Å². The first-order chi connectivity index (χ1) is 9.26. The molecule has 0 spiro atoms. The van der Waals surface area contributed by atoms with Crippen molar-refractivity contribution in [2.45, 2.75) is 51.4 Å². The van der Waals surface area contributed by atoms with Gasteiger partial charge in [-0.2, -0.15) is 0 Å². The normalized spacial score (nSPS) is 14.7. The number of aliphatic hydroxyl groups excluding tert-OH is 1. The van der Waals surface area contributed by atoms with Gasteiger partial charge in [0.1, 0.15) is 0 Å². The van der Waals surface area contributed by atoms with Gasteiger partial charge in [-0.3, -0.25) is 0 Å². The molecule has 0 aliphatic rings. The Morgan fingerprint density at radius 1 is 1.20 bits per heavy atom. The summed E-state index contributed by atoms with van der Waals surface area (Å²) < 4.78 is 6.36. The van der Waals surface area contributed by atoms with Crippen molar-refractivity contribution in [3.63, 3.8) is 0 Å². The van der Waals surface area contributed by atoms with Gasteiger partial charge in [0.25, 0.3) is 0 Å². The Labute approximate surface area is 124 Å². The molecule has 112 valence electrons. The lowest BCUT2D eigenvalue weighted by Gasteiger charge is -2.38. The van der Waals surface area contributed by atoms with Crippen LogP contribution in [0.2, 0.25) is 18.1 Å². The standard InChI is InChI=1S/C17H28O2Si/c1-17(2,3)20(4,5)19-16(13-14-18)12-11-15-9-7-6-8-10-15/h6-12,16,18H,13-14H2,1-5H3/b12-11+. The van der Waals surface area contributed by atoms with Crippen molar-refractivity contribution in [3.8, 4) is 0 Å². The molecule has 0 bridgehead atoms. The summed E-state index contributed by atoms with van der Waals surface area (Å²) in [6, 6.07) is 10.2. The van der Waals surface area contributed by atoms with Crippen molar-refractivity contribution in [3.05, 3.63) is 42.0 Å². The molecule has 3 heteroatoms. The minimum atomic E-state index is -1.81. The highest BCUT2D eigenvalue weighted by atomic mass is 28.4. The number of aliphatic hydroxyl groups is 1. The van der Waals surface area contributed by atoms with E-state index in [-0.39, 0.29) is 17.7 Å². The molecule has 1 aromatic rings. The summed E-state index contributed by atoms with van der Waals surface area (Å²) in [4.78, 5) is 0. The first-order valence-electron chi connectivity index (χ1n) is 7.28. The second kappa shape index (κ2) is 7.20. The quantitative estimate of drug-likeness (QED) is 0.784. The molecule has 0 saturated heterocycles. The summed E-state index contributed by atoms with van der Waals surface area (Å²) in [5, 5.41) is 9.42. The molecule has 1 unspecified atom stereocenters. The smallest absolute Gasteiger partial charge is 0.192 e. The molecule has 0 aliphatic heterocycles. The van der Waals surface area contributed by atoms with Crippen LogP contribution >= 0.6 is 0 Å². The minimum absolute atomic E-state index is 0.0129. The zero-order valence-corrected chi connectivity index (χ0v) is 14.4. The van der Waals surface area contributed by atoms with Crippen LogP contribution in [-0.2, 0) is 4.43 Å². The summed E-state index contributed by atoms with van der Waals surface area (Å²) in [5.41, 5.74) is 1.16. The predicted molar refractivity (Wildman–Crippen MR) is 89.2 cm³/mol. The summed E-state index contributed by atoms with van der Waals surface area (Å²) in [7, 11) is -1.81. The second-order valence-electron chi connectivity index (χ2n) is 6.70. The van der Waals surface area contributed by atoms with Gasteiger partial charge in [0, 0.05) is 6.61 Å². The molecule has 1 rings (SSSR count). The van der Waals surface area contributed by atoms with E-state index in [2.05, 4.69) is 58.2 Å². The largest absolute Gasteiger partial charge is 0.410 e. The van der Waals surface area contributed by atoms with E-state index >= 15 is 0 Å². The van der Waals surface area contributed by atoms with Crippen molar-refractivity contribution in [1.29, 1.82) is 0 Å². The SMILES string of the molecule is CC(C)(C)[Si](C)(C)OC(/C=C/c1ccccc1)CCO. The molecule has 1 aromatic carbocycles. The lowest BCUT2D eigenvalue weighted by Crippen LogP contribution is -2.43. The van der Waals surface area contributed by atoms with Gasteiger partial charge in [-0.15, -0.1) is 0 Å². The summed E-state index contributed by atoms with van der Waals surface area (Å²) in [5.74, 6) is 0.